The molecule has 1 atom stereocenters. The molecule has 1 saturated heterocycles. The van der Waals surface area contributed by atoms with Crippen molar-refractivity contribution in [2.75, 3.05) is 18.1 Å². The van der Waals surface area contributed by atoms with Crippen LogP contribution in [0.25, 0.3) is 0 Å². The zero-order valence-corrected chi connectivity index (χ0v) is 17.2. The molecule has 1 heterocycles. The van der Waals surface area contributed by atoms with Crippen LogP contribution in [0.1, 0.15) is 23.1 Å². The Morgan fingerprint density at radius 2 is 1.93 bits per heavy atom. The lowest BCUT2D eigenvalue weighted by atomic mass is 10.1. The summed E-state index contributed by atoms with van der Waals surface area (Å²) in [5.41, 5.74) is 3.67. The van der Waals surface area contributed by atoms with E-state index < -0.39 is 24.4 Å². The molecule has 1 fully saturated rings. The topological polar surface area (TPSA) is 75.7 Å². The maximum atomic E-state index is 12.4. The van der Waals surface area contributed by atoms with Crippen molar-refractivity contribution in [1.82, 2.24) is 5.32 Å². The summed E-state index contributed by atoms with van der Waals surface area (Å²) in [6.45, 7) is 4.04. The van der Waals surface area contributed by atoms with E-state index in [1.165, 1.54) is 0 Å². The highest BCUT2D eigenvalue weighted by Gasteiger charge is 2.37. The van der Waals surface area contributed by atoms with E-state index in [2.05, 4.69) is 5.32 Å². The van der Waals surface area contributed by atoms with Crippen LogP contribution in [0.5, 0.6) is 0 Å². The van der Waals surface area contributed by atoms with Crippen LogP contribution in [-0.2, 0) is 25.7 Å². The standard InChI is InChI=1S/C22H23ClN2O4/c1-14-6-5-9-19(15(14)2)25-12-17(10-21(25)27)22(28)29-13-20(26)24-11-16-7-3-4-8-18(16)23/h3-9,17H,10-13H2,1-2H3,(H,24,26)/t17-/m0/s1. The molecule has 1 N–H and O–H groups in total. The average molecular weight is 415 g/mol. The summed E-state index contributed by atoms with van der Waals surface area (Å²) >= 11 is 6.05. The molecule has 7 heteroatoms. The van der Waals surface area contributed by atoms with Crippen molar-refractivity contribution in [3.05, 3.63) is 64.2 Å². The lowest BCUT2D eigenvalue weighted by Crippen LogP contribution is -2.31. The molecule has 1 aliphatic rings. The minimum Gasteiger partial charge on any atom is -0.455 e. The Morgan fingerprint density at radius 1 is 1.17 bits per heavy atom. The Hall–Kier alpha value is -2.86. The van der Waals surface area contributed by atoms with Gasteiger partial charge in [-0.3, -0.25) is 14.4 Å². The number of carbonyl (C=O) groups is 3. The number of ether oxygens (including phenoxy) is 1. The Morgan fingerprint density at radius 3 is 2.69 bits per heavy atom. The van der Waals surface area contributed by atoms with E-state index in [-0.39, 0.29) is 25.4 Å². The fourth-order valence-electron chi connectivity index (χ4n) is 3.27. The monoisotopic (exact) mass is 414 g/mol. The molecule has 152 valence electrons. The first-order valence-electron chi connectivity index (χ1n) is 9.40. The second-order valence-corrected chi connectivity index (χ2v) is 7.51. The molecular weight excluding hydrogens is 392 g/mol. The average Bonchev–Trinajstić information content (AvgIpc) is 3.09. The lowest BCUT2D eigenvalue weighted by molar-refractivity contribution is -0.152. The summed E-state index contributed by atoms with van der Waals surface area (Å²) in [6, 6.07) is 12.9. The number of esters is 1. The van der Waals surface area contributed by atoms with Crippen molar-refractivity contribution < 1.29 is 19.1 Å². The van der Waals surface area contributed by atoms with Crippen molar-refractivity contribution in [3.63, 3.8) is 0 Å². The van der Waals surface area contributed by atoms with E-state index in [0.717, 1.165) is 22.4 Å². The van der Waals surface area contributed by atoms with Crippen LogP contribution in [0, 0.1) is 19.8 Å². The van der Waals surface area contributed by atoms with Gasteiger partial charge in [0.1, 0.15) is 0 Å². The summed E-state index contributed by atoms with van der Waals surface area (Å²) in [5, 5.41) is 3.22. The van der Waals surface area contributed by atoms with Gasteiger partial charge in [-0.05, 0) is 42.7 Å². The van der Waals surface area contributed by atoms with Gasteiger partial charge in [0.15, 0.2) is 6.61 Å². The largest absolute Gasteiger partial charge is 0.455 e. The molecule has 0 radical (unpaired) electrons. The molecule has 0 unspecified atom stereocenters. The Labute approximate surface area is 174 Å². The van der Waals surface area contributed by atoms with Gasteiger partial charge < -0.3 is 15.0 Å². The third kappa shape index (κ3) is 4.95. The van der Waals surface area contributed by atoms with Crippen LogP contribution in [0.4, 0.5) is 5.69 Å². The van der Waals surface area contributed by atoms with Gasteiger partial charge in [0.25, 0.3) is 5.91 Å². The highest BCUT2D eigenvalue weighted by atomic mass is 35.5. The van der Waals surface area contributed by atoms with Crippen LogP contribution in [0.15, 0.2) is 42.5 Å². The molecule has 2 aromatic rings. The smallest absolute Gasteiger partial charge is 0.311 e. The predicted octanol–water partition coefficient (Wildman–Crippen LogP) is 3.17. The van der Waals surface area contributed by atoms with E-state index in [9.17, 15) is 14.4 Å². The third-order valence-electron chi connectivity index (χ3n) is 5.10. The van der Waals surface area contributed by atoms with E-state index >= 15 is 0 Å². The third-order valence-corrected chi connectivity index (χ3v) is 5.47. The van der Waals surface area contributed by atoms with E-state index in [1.54, 1.807) is 23.1 Å². The molecule has 0 saturated carbocycles. The van der Waals surface area contributed by atoms with E-state index in [0.29, 0.717) is 5.02 Å². The molecule has 0 aliphatic carbocycles. The number of hydrogen-bond acceptors (Lipinski definition) is 4. The van der Waals surface area contributed by atoms with Crippen LogP contribution >= 0.6 is 11.6 Å². The number of hydrogen-bond donors (Lipinski definition) is 1. The first-order valence-corrected chi connectivity index (χ1v) is 9.78. The summed E-state index contributed by atoms with van der Waals surface area (Å²) in [7, 11) is 0. The molecule has 2 aromatic carbocycles. The molecule has 2 amide bonds. The van der Waals surface area contributed by atoms with Gasteiger partial charge in [-0.2, -0.15) is 0 Å². The van der Waals surface area contributed by atoms with Gasteiger partial charge >= 0.3 is 5.97 Å². The number of nitrogens with zero attached hydrogens (tertiary/aromatic N) is 1. The summed E-state index contributed by atoms with van der Waals surface area (Å²) in [4.78, 5) is 38.3. The zero-order chi connectivity index (χ0) is 21.0. The molecule has 6 nitrogen and oxygen atoms in total. The molecule has 0 spiro atoms. The number of benzene rings is 2. The Balaban J connectivity index is 1.51. The molecule has 0 aromatic heterocycles. The minimum absolute atomic E-state index is 0.0768. The van der Waals surface area contributed by atoms with Gasteiger partial charge in [0, 0.05) is 30.2 Å². The van der Waals surface area contributed by atoms with Crippen LogP contribution in [0.3, 0.4) is 0 Å². The van der Waals surface area contributed by atoms with Gasteiger partial charge in [-0.1, -0.05) is 41.9 Å². The van der Waals surface area contributed by atoms with Crippen molar-refractivity contribution in [1.29, 1.82) is 0 Å². The fourth-order valence-corrected chi connectivity index (χ4v) is 3.47. The number of halogens is 1. The molecule has 29 heavy (non-hydrogen) atoms. The van der Waals surface area contributed by atoms with Crippen molar-refractivity contribution in [2.24, 2.45) is 5.92 Å². The summed E-state index contributed by atoms with van der Waals surface area (Å²) < 4.78 is 5.13. The first-order chi connectivity index (χ1) is 13.9. The molecular formula is C22H23ClN2O4. The van der Waals surface area contributed by atoms with E-state index in [1.807, 2.05) is 38.1 Å². The first kappa shape index (κ1) is 20.9. The zero-order valence-electron chi connectivity index (χ0n) is 16.4. The van der Waals surface area contributed by atoms with Crippen LogP contribution in [-0.4, -0.2) is 30.9 Å². The number of carbonyl (C=O) groups excluding carboxylic acids is 3. The Kier molecular flexibility index (Phi) is 6.54. The van der Waals surface area contributed by atoms with Gasteiger partial charge in [-0.25, -0.2) is 0 Å². The molecule has 3 rings (SSSR count). The van der Waals surface area contributed by atoms with Crippen LogP contribution in [0.2, 0.25) is 5.02 Å². The van der Waals surface area contributed by atoms with Gasteiger partial charge in [0.2, 0.25) is 5.91 Å². The number of nitrogens with one attached hydrogen (secondary N) is 1. The predicted molar refractivity (Wildman–Crippen MR) is 111 cm³/mol. The fraction of sp³-hybridized carbons (Fsp3) is 0.318. The lowest BCUT2D eigenvalue weighted by Gasteiger charge is -2.20. The number of aryl methyl sites for hydroxylation is 1. The van der Waals surface area contributed by atoms with Crippen LogP contribution < -0.4 is 10.2 Å². The van der Waals surface area contributed by atoms with Gasteiger partial charge in [0.05, 0.1) is 5.92 Å². The quantitative estimate of drug-likeness (QED) is 0.736. The normalized spacial score (nSPS) is 16.0. The SMILES string of the molecule is Cc1cccc(N2C[C@@H](C(=O)OCC(=O)NCc3ccccc3Cl)CC2=O)c1C. The second-order valence-electron chi connectivity index (χ2n) is 7.10. The Bertz CT molecular complexity index is 944. The minimum atomic E-state index is -0.584. The number of anilines is 1. The highest BCUT2D eigenvalue weighted by molar-refractivity contribution is 6.31. The summed E-state index contributed by atoms with van der Waals surface area (Å²) in [5.74, 6) is -1.67. The van der Waals surface area contributed by atoms with Crippen molar-refractivity contribution in [2.45, 2.75) is 26.8 Å². The van der Waals surface area contributed by atoms with Gasteiger partial charge in [-0.15, -0.1) is 0 Å². The molecule has 0 bridgehead atoms. The second kappa shape index (κ2) is 9.09. The number of rotatable bonds is 6. The molecule has 1 aliphatic heterocycles. The summed E-state index contributed by atoms with van der Waals surface area (Å²) in [6.07, 6.45) is 0.0768. The maximum Gasteiger partial charge on any atom is 0.311 e. The van der Waals surface area contributed by atoms with Crippen molar-refractivity contribution in [3.8, 4) is 0 Å². The highest BCUT2D eigenvalue weighted by Crippen LogP contribution is 2.29. The van der Waals surface area contributed by atoms with E-state index in [4.69, 9.17) is 16.3 Å². The van der Waals surface area contributed by atoms with Crippen molar-refractivity contribution >= 4 is 35.1 Å². The maximum absolute atomic E-state index is 12.4. The number of amides is 2.